The molecule has 1 aromatic carbocycles. The van der Waals surface area contributed by atoms with Gasteiger partial charge in [-0.3, -0.25) is 4.79 Å². The van der Waals surface area contributed by atoms with Crippen LogP contribution in [0.4, 0.5) is 15.8 Å². The number of aryl methyl sites for hydroxylation is 1. The third-order valence-electron chi connectivity index (χ3n) is 2.76. The quantitative estimate of drug-likeness (QED) is 0.882. The first kappa shape index (κ1) is 12.2. The molecule has 0 aliphatic carbocycles. The molecule has 0 bridgehead atoms. The van der Waals surface area contributed by atoms with Crippen molar-refractivity contribution in [1.82, 2.24) is 4.57 Å². The van der Waals surface area contributed by atoms with Gasteiger partial charge in [-0.1, -0.05) is 0 Å². The lowest BCUT2D eigenvalue weighted by atomic mass is 10.2. The number of rotatable bonds is 2. The average Bonchev–Trinajstić information content (AvgIpc) is 2.67. The van der Waals surface area contributed by atoms with Crippen LogP contribution in [0.1, 0.15) is 10.5 Å². The van der Waals surface area contributed by atoms with Crippen molar-refractivity contribution >= 4 is 17.3 Å². The summed E-state index contributed by atoms with van der Waals surface area (Å²) >= 11 is 0. The molecular weight excluding hydrogens is 233 g/mol. The molecule has 1 amide bonds. The van der Waals surface area contributed by atoms with Gasteiger partial charge in [-0.2, -0.15) is 0 Å². The van der Waals surface area contributed by atoms with Gasteiger partial charge in [0.1, 0.15) is 11.5 Å². The van der Waals surface area contributed by atoms with Gasteiger partial charge in [-0.15, -0.1) is 0 Å². The fraction of sp³-hybridized carbons (Fsp3) is 0.154. The van der Waals surface area contributed by atoms with E-state index < -0.39 is 0 Å². The van der Waals surface area contributed by atoms with Crippen LogP contribution >= 0.6 is 0 Å². The molecule has 0 saturated carbocycles. The summed E-state index contributed by atoms with van der Waals surface area (Å²) in [6.45, 7) is 0. The Labute approximate surface area is 104 Å². The summed E-state index contributed by atoms with van der Waals surface area (Å²) in [6.07, 6.45) is 1.67. The fourth-order valence-corrected chi connectivity index (χ4v) is 1.76. The number of carbonyl (C=O) groups is 1. The maximum Gasteiger partial charge on any atom is 0.274 e. The molecule has 0 atom stereocenters. The van der Waals surface area contributed by atoms with E-state index >= 15 is 0 Å². The molecule has 2 N–H and O–H groups in total. The van der Waals surface area contributed by atoms with Gasteiger partial charge in [-0.05, 0) is 30.3 Å². The topological polar surface area (TPSA) is 51.3 Å². The lowest BCUT2D eigenvalue weighted by Gasteiger charge is -2.17. The number of carbonyl (C=O) groups excluding carboxylic acids is 1. The Balaban J connectivity index is 2.29. The van der Waals surface area contributed by atoms with Crippen molar-refractivity contribution in [2.75, 3.05) is 17.7 Å². The Morgan fingerprint density at radius 2 is 1.94 bits per heavy atom. The highest BCUT2D eigenvalue weighted by molar-refractivity contribution is 6.05. The minimum Gasteiger partial charge on any atom is -0.397 e. The van der Waals surface area contributed by atoms with E-state index in [0.29, 0.717) is 17.1 Å². The highest BCUT2D eigenvalue weighted by atomic mass is 19.1. The molecule has 0 aliphatic rings. The number of halogens is 1. The molecule has 1 heterocycles. The molecule has 1 aromatic heterocycles. The monoisotopic (exact) mass is 247 g/mol. The zero-order chi connectivity index (χ0) is 13.3. The molecule has 2 aromatic rings. The summed E-state index contributed by atoms with van der Waals surface area (Å²) in [5.74, 6) is -0.525. The second-order valence-corrected chi connectivity index (χ2v) is 4.11. The molecule has 94 valence electrons. The van der Waals surface area contributed by atoms with Gasteiger partial charge in [0.15, 0.2) is 0 Å². The Kier molecular flexibility index (Phi) is 3.06. The van der Waals surface area contributed by atoms with Gasteiger partial charge < -0.3 is 15.2 Å². The molecule has 0 unspecified atom stereocenters. The van der Waals surface area contributed by atoms with Crippen molar-refractivity contribution in [1.29, 1.82) is 0 Å². The molecule has 2 rings (SSSR count). The van der Waals surface area contributed by atoms with Gasteiger partial charge in [0.05, 0.1) is 5.69 Å². The number of nitrogen functional groups attached to an aromatic ring is 1. The fourth-order valence-electron chi connectivity index (χ4n) is 1.76. The van der Waals surface area contributed by atoms with Crippen LogP contribution in [0, 0.1) is 5.82 Å². The molecule has 4 nitrogen and oxygen atoms in total. The number of aromatic nitrogens is 1. The summed E-state index contributed by atoms with van der Waals surface area (Å²) < 4.78 is 14.5. The van der Waals surface area contributed by atoms with Crippen LogP contribution in [-0.4, -0.2) is 17.5 Å². The Morgan fingerprint density at radius 1 is 1.33 bits per heavy atom. The first-order chi connectivity index (χ1) is 8.49. The molecule has 0 aliphatic heterocycles. The molecule has 0 radical (unpaired) electrons. The lowest BCUT2D eigenvalue weighted by molar-refractivity contribution is 0.0985. The highest BCUT2D eigenvalue weighted by Gasteiger charge is 2.16. The van der Waals surface area contributed by atoms with Crippen LogP contribution in [0.25, 0.3) is 0 Å². The van der Waals surface area contributed by atoms with Gasteiger partial charge >= 0.3 is 0 Å². The van der Waals surface area contributed by atoms with E-state index in [1.54, 1.807) is 43.1 Å². The number of hydrogen-bond donors (Lipinski definition) is 1. The summed E-state index contributed by atoms with van der Waals surface area (Å²) in [5.41, 5.74) is 7.28. The van der Waals surface area contributed by atoms with E-state index in [4.69, 9.17) is 5.73 Å². The van der Waals surface area contributed by atoms with Crippen molar-refractivity contribution in [3.05, 3.63) is 48.0 Å². The zero-order valence-corrected chi connectivity index (χ0v) is 10.2. The van der Waals surface area contributed by atoms with E-state index in [1.165, 1.54) is 17.0 Å². The normalized spacial score (nSPS) is 10.4. The van der Waals surface area contributed by atoms with Crippen LogP contribution in [0.5, 0.6) is 0 Å². The van der Waals surface area contributed by atoms with Crippen molar-refractivity contribution in [3.8, 4) is 0 Å². The van der Waals surface area contributed by atoms with E-state index in [1.807, 2.05) is 0 Å². The third-order valence-corrected chi connectivity index (χ3v) is 2.76. The van der Waals surface area contributed by atoms with Crippen LogP contribution in [0.3, 0.4) is 0 Å². The van der Waals surface area contributed by atoms with Crippen LogP contribution in [0.2, 0.25) is 0 Å². The first-order valence-corrected chi connectivity index (χ1v) is 5.44. The summed E-state index contributed by atoms with van der Waals surface area (Å²) in [4.78, 5) is 13.7. The summed E-state index contributed by atoms with van der Waals surface area (Å²) in [7, 11) is 3.39. The standard InChI is InChI=1S/C13H14FN3O/c1-16-8-10(15)7-12(16)13(18)17(2)11-5-3-9(14)4-6-11/h3-8H,15H2,1-2H3. The maximum atomic E-state index is 12.8. The van der Waals surface area contributed by atoms with Gasteiger partial charge in [-0.25, -0.2) is 4.39 Å². The minimum atomic E-state index is -0.331. The average molecular weight is 247 g/mol. The molecule has 18 heavy (non-hydrogen) atoms. The Morgan fingerprint density at radius 3 is 2.44 bits per heavy atom. The summed E-state index contributed by atoms with van der Waals surface area (Å²) in [6, 6.07) is 7.36. The van der Waals surface area contributed by atoms with Gasteiger partial charge in [0, 0.05) is 26.0 Å². The van der Waals surface area contributed by atoms with Crippen LogP contribution in [0.15, 0.2) is 36.5 Å². The number of hydrogen-bond acceptors (Lipinski definition) is 2. The Bertz CT molecular complexity index is 574. The second kappa shape index (κ2) is 4.52. The summed E-state index contributed by atoms with van der Waals surface area (Å²) in [5, 5.41) is 0. The highest BCUT2D eigenvalue weighted by Crippen LogP contribution is 2.17. The zero-order valence-electron chi connectivity index (χ0n) is 10.2. The largest absolute Gasteiger partial charge is 0.397 e. The van der Waals surface area contributed by atoms with E-state index in [2.05, 4.69) is 0 Å². The number of nitrogens with zero attached hydrogens (tertiary/aromatic N) is 2. The van der Waals surface area contributed by atoms with Gasteiger partial charge in [0.25, 0.3) is 5.91 Å². The molecule has 0 spiro atoms. The number of nitrogens with two attached hydrogens (primary N) is 1. The van der Waals surface area contributed by atoms with Crippen molar-refractivity contribution in [2.45, 2.75) is 0 Å². The van der Waals surface area contributed by atoms with Crippen molar-refractivity contribution < 1.29 is 9.18 Å². The second-order valence-electron chi connectivity index (χ2n) is 4.11. The van der Waals surface area contributed by atoms with Crippen molar-refractivity contribution in [2.24, 2.45) is 7.05 Å². The van der Waals surface area contributed by atoms with Gasteiger partial charge in [0.2, 0.25) is 0 Å². The van der Waals surface area contributed by atoms with Crippen LogP contribution in [-0.2, 0) is 7.05 Å². The Hall–Kier alpha value is -2.30. The first-order valence-electron chi connectivity index (χ1n) is 5.44. The predicted molar refractivity (Wildman–Crippen MR) is 69.0 cm³/mol. The van der Waals surface area contributed by atoms with Crippen LogP contribution < -0.4 is 10.6 Å². The number of amides is 1. The SMILES string of the molecule is CN(C(=O)c1cc(N)cn1C)c1ccc(F)cc1. The minimum absolute atomic E-state index is 0.194. The third kappa shape index (κ3) is 2.20. The molecule has 0 saturated heterocycles. The van der Waals surface area contributed by atoms with E-state index in [-0.39, 0.29) is 11.7 Å². The smallest absolute Gasteiger partial charge is 0.274 e. The van der Waals surface area contributed by atoms with E-state index in [0.717, 1.165) is 0 Å². The number of benzene rings is 1. The molecular formula is C13H14FN3O. The lowest BCUT2D eigenvalue weighted by Crippen LogP contribution is -2.27. The maximum absolute atomic E-state index is 12.8. The predicted octanol–water partition coefficient (Wildman–Crippen LogP) is 2.02. The molecule has 0 fully saturated rings. The van der Waals surface area contributed by atoms with Crippen molar-refractivity contribution in [3.63, 3.8) is 0 Å². The van der Waals surface area contributed by atoms with E-state index in [9.17, 15) is 9.18 Å². The number of anilines is 2. The molecule has 5 heteroatoms.